The van der Waals surface area contributed by atoms with Gasteiger partial charge in [0, 0.05) is 6.42 Å². The Morgan fingerprint density at radius 3 is 2.12 bits per heavy atom. The predicted molar refractivity (Wildman–Crippen MR) is 69.1 cm³/mol. The van der Waals surface area contributed by atoms with Crippen LogP contribution in [0.15, 0.2) is 12.7 Å². The summed E-state index contributed by atoms with van der Waals surface area (Å²) in [6.07, 6.45) is 8.94. The summed E-state index contributed by atoms with van der Waals surface area (Å²) in [7, 11) is -4.15. The van der Waals surface area contributed by atoms with Gasteiger partial charge in [-0.25, -0.2) is 0 Å². The van der Waals surface area contributed by atoms with E-state index in [1.165, 1.54) is 12.8 Å². The lowest BCUT2D eigenvalue weighted by molar-refractivity contribution is -0.117. The minimum Gasteiger partial charge on any atom is -0.324 e. The zero-order valence-corrected chi connectivity index (χ0v) is 11.2. The van der Waals surface area contributed by atoms with E-state index in [0.717, 1.165) is 32.1 Å². The first kappa shape index (κ1) is 16.6. The summed E-state index contributed by atoms with van der Waals surface area (Å²) in [6, 6.07) is 0. The second kappa shape index (κ2) is 9.58. The van der Waals surface area contributed by atoms with Crippen LogP contribution in [0.4, 0.5) is 0 Å². The van der Waals surface area contributed by atoms with Crippen molar-refractivity contribution in [3.63, 3.8) is 0 Å². The number of hydrogen-bond acceptors (Lipinski definition) is 2. The van der Waals surface area contributed by atoms with E-state index in [1.54, 1.807) is 0 Å². The molecule has 4 nitrogen and oxygen atoms in total. The van der Waals surface area contributed by atoms with Gasteiger partial charge in [-0.05, 0) is 19.3 Å². The van der Waals surface area contributed by atoms with Gasteiger partial charge in [-0.15, -0.1) is 6.58 Å². The average molecular weight is 262 g/mol. The quantitative estimate of drug-likeness (QED) is 0.341. The van der Waals surface area contributed by atoms with E-state index in [0.29, 0.717) is 0 Å². The molecule has 0 saturated carbocycles. The van der Waals surface area contributed by atoms with Gasteiger partial charge in [-0.2, -0.15) is 0 Å². The third-order valence-electron chi connectivity index (χ3n) is 2.50. The number of allylic oxidation sites excluding steroid dienone is 1. The van der Waals surface area contributed by atoms with Crippen LogP contribution >= 0.6 is 7.60 Å². The molecule has 100 valence electrons. The molecule has 0 atom stereocenters. The molecule has 0 saturated heterocycles. The number of carbonyl (C=O) groups excluding carboxylic acids is 1. The summed E-state index contributed by atoms with van der Waals surface area (Å²) in [5, 5.41) is 0. The van der Waals surface area contributed by atoms with Crippen molar-refractivity contribution in [2.24, 2.45) is 0 Å². The molecule has 0 unspecified atom stereocenters. The second-order valence-electron chi connectivity index (χ2n) is 4.31. The van der Waals surface area contributed by atoms with Gasteiger partial charge in [-0.1, -0.05) is 31.8 Å². The summed E-state index contributed by atoms with van der Waals surface area (Å²) in [6.45, 7) is 3.66. The molecule has 0 heterocycles. The molecule has 0 bridgehead atoms. The van der Waals surface area contributed by atoms with E-state index in [4.69, 9.17) is 9.79 Å². The molecule has 0 spiro atoms. The first-order valence-electron chi connectivity index (χ1n) is 6.13. The molecule has 2 N–H and O–H groups in total. The van der Waals surface area contributed by atoms with Crippen molar-refractivity contribution in [2.75, 3.05) is 6.16 Å². The summed E-state index contributed by atoms with van der Waals surface area (Å²) in [5.74, 6) is -0.329. The smallest absolute Gasteiger partial charge is 0.324 e. The van der Waals surface area contributed by atoms with Crippen molar-refractivity contribution in [1.82, 2.24) is 0 Å². The highest BCUT2D eigenvalue weighted by atomic mass is 31.2. The standard InChI is InChI=1S/C12H23O4P/c1-2-3-4-5-6-7-8-9-10-12(13)11-17(14,15)16/h2H,1,3-11H2,(H2,14,15,16). The van der Waals surface area contributed by atoms with Gasteiger partial charge in [0.25, 0.3) is 0 Å². The fourth-order valence-electron chi connectivity index (χ4n) is 1.63. The minimum absolute atomic E-state index is 0.289. The molecule has 0 aliphatic heterocycles. The summed E-state index contributed by atoms with van der Waals surface area (Å²) in [5.41, 5.74) is 0. The molecule has 5 heteroatoms. The SMILES string of the molecule is C=CCCCCCCCCC(=O)CP(=O)(O)O. The number of unbranched alkanes of at least 4 members (excludes halogenated alkanes) is 6. The van der Waals surface area contributed by atoms with Crippen molar-refractivity contribution >= 4 is 13.4 Å². The van der Waals surface area contributed by atoms with E-state index in [2.05, 4.69) is 6.58 Å². The predicted octanol–water partition coefficient (Wildman–Crippen LogP) is 3.04. The monoisotopic (exact) mass is 262 g/mol. The maximum absolute atomic E-state index is 11.1. The number of carbonyl (C=O) groups is 1. The summed E-state index contributed by atoms with van der Waals surface area (Å²) in [4.78, 5) is 28.3. The van der Waals surface area contributed by atoms with Crippen molar-refractivity contribution in [3.05, 3.63) is 12.7 Å². The van der Waals surface area contributed by atoms with Crippen LogP contribution in [0, 0.1) is 0 Å². The van der Waals surface area contributed by atoms with Crippen LogP contribution in [-0.2, 0) is 9.36 Å². The van der Waals surface area contributed by atoms with Gasteiger partial charge >= 0.3 is 7.60 Å². The van der Waals surface area contributed by atoms with Crippen LogP contribution in [0.1, 0.15) is 51.4 Å². The summed E-state index contributed by atoms with van der Waals surface area (Å²) >= 11 is 0. The second-order valence-corrected chi connectivity index (χ2v) is 5.96. The molecular formula is C12H23O4P. The molecule has 0 aromatic heterocycles. The van der Waals surface area contributed by atoms with Crippen LogP contribution in [-0.4, -0.2) is 21.7 Å². The highest BCUT2D eigenvalue weighted by Gasteiger charge is 2.17. The molecule has 0 amide bonds. The van der Waals surface area contributed by atoms with Crippen molar-refractivity contribution < 1.29 is 19.1 Å². The lowest BCUT2D eigenvalue weighted by atomic mass is 10.1. The fourth-order valence-corrected chi connectivity index (χ4v) is 2.24. The first-order valence-corrected chi connectivity index (χ1v) is 7.92. The Labute approximate surface area is 103 Å². The molecule has 0 rings (SSSR count). The van der Waals surface area contributed by atoms with Crippen molar-refractivity contribution in [3.8, 4) is 0 Å². The molecule has 0 radical (unpaired) electrons. The summed E-state index contributed by atoms with van der Waals surface area (Å²) < 4.78 is 10.5. The molecule has 0 aromatic carbocycles. The van der Waals surface area contributed by atoms with Crippen molar-refractivity contribution in [2.45, 2.75) is 51.4 Å². The third-order valence-corrected chi connectivity index (χ3v) is 3.26. The Morgan fingerprint density at radius 1 is 1.06 bits per heavy atom. The highest BCUT2D eigenvalue weighted by molar-refractivity contribution is 7.52. The number of hydrogen-bond donors (Lipinski definition) is 2. The highest BCUT2D eigenvalue weighted by Crippen LogP contribution is 2.34. The molecule has 0 aliphatic rings. The maximum atomic E-state index is 11.1. The number of ketones is 1. The van der Waals surface area contributed by atoms with Gasteiger partial charge in [0.05, 0.1) is 0 Å². The van der Waals surface area contributed by atoms with E-state index in [9.17, 15) is 9.36 Å². The van der Waals surface area contributed by atoms with Crippen LogP contribution in [0.2, 0.25) is 0 Å². The zero-order chi connectivity index (χ0) is 13.1. The topological polar surface area (TPSA) is 74.6 Å². The Hall–Kier alpha value is -0.440. The zero-order valence-electron chi connectivity index (χ0n) is 10.3. The Balaban J connectivity index is 3.31. The van der Waals surface area contributed by atoms with E-state index >= 15 is 0 Å². The Morgan fingerprint density at radius 2 is 1.59 bits per heavy atom. The minimum atomic E-state index is -4.15. The fraction of sp³-hybridized carbons (Fsp3) is 0.750. The lowest BCUT2D eigenvalue weighted by Crippen LogP contribution is -2.04. The molecule has 0 fully saturated rings. The van der Waals surface area contributed by atoms with Gasteiger partial charge < -0.3 is 9.79 Å². The number of rotatable bonds is 11. The van der Waals surface area contributed by atoms with E-state index < -0.39 is 13.8 Å². The van der Waals surface area contributed by atoms with Crippen molar-refractivity contribution in [1.29, 1.82) is 0 Å². The normalized spacial score (nSPS) is 11.4. The average Bonchev–Trinajstić information content (AvgIpc) is 2.19. The molecular weight excluding hydrogens is 239 g/mol. The van der Waals surface area contributed by atoms with E-state index in [1.807, 2.05) is 6.08 Å². The van der Waals surface area contributed by atoms with Crippen LogP contribution in [0.5, 0.6) is 0 Å². The molecule has 0 aromatic rings. The third kappa shape index (κ3) is 13.5. The lowest BCUT2D eigenvalue weighted by Gasteiger charge is -2.03. The van der Waals surface area contributed by atoms with Crippen LogP contribution < -0.4 is 0 Å². The molecule has 17 heavy (non-hydrogen) atoms. The number of Topliss-reactive ketones (excluding diaryl/α,β-unsaturated/α-hetero) is 1. The molecule has 0 aliphatic carbocycles. The maximum Gasteiger partial charge on any atom is 0.332 e. The van der Waals surface area contributed by atoms with Gasteiger partial charge in [0.1, 0.15) is 11.9 Å². The van der Waals surface area contributed by atoms with Crippen LogP contribution in [0.25, 0.3) is 0 Å². The van der Waals surface area contributed by atoms with Gasteiger partial charge in [0.2, 0.25) is 0 Å². The van der Waals surface area contributed by atoms with Gasteiger partial charge in [-0.3, -0.25) is 9.36 Å². The Kier molecular flexibility index (Phi) is 9.33. The van der Waals surface area contributed by atoms with Crippen LogP contribution in [0.3, 0.4) is 0 Å². The largest absolute Gasteiger partial charge is 0.332 e. The van der Waals surface area contributed by atoms with Gasteiger partial charge in [0.15, 0.2) is 0 Å². The first-order chi connectivity index (χ1) is 7.95. The van der Waals surface area contributed by atoms with E-state index in [-0.39, 0.29) is 12.2 Å². The Bertz CT molecular complexity index is 270.